The number of aliphatic hydroxyl groups excluding tert-OH is 1. The highest BCUT2D eigenvalue weighted by atomic mass is 32.1. The van der Waals surface area contributed by atoms with Crippen LogP contribution in [0.1, 0.15) is 63.4 Å². The number of carbonyl (C=O) groups excluding carboxylic acids is 1. The van der Waals surface area contributed by atoms with Gasteiger partial charge in [-0.15, -0.1) is 11.3 Å². The second-order valence-electron chi connectivity index (χ2n) is 11.2. The first-order chi connectivity index (χ1) is 19.9. The number of fused-ring (bicyclic) bond motifs is 1. The molecule has 220 valence electrons. The van der Waals surface area contributed by atoms with E-state index in [-0.39, 0.29) is 12.0 Å². The molecule has 0 aliphatic rings. The van der Waals surface area contributed by atoms with E-state index in [1.54, 1.807) is 18.4 Å². The average molecular weight is 578 g/mol. The normalized spacial score (nSPS) is 11.8. The number of nitrogens with zero attached hydrogens (tertiary/aromatic N) is 3. The van der Waals surface area contributed by atoms with Crippen LogP contribution in [0.5, 0.6) is 0 Å². The van der Waals surface area contributed by atoms with Gasteiger partial charge in [-0.2, -0.15) is 0 Å². The van der Waals surface area contributed by atoms with Gasteiger partial charge in [0.15, 0.2) is 0 Å². The summed E-state index contributed by atoms with van der Waals surface area (Å²) < 4.78 is 7.88. The molecule has 1 aromatic carbocycles. The summed E-state index contributed by atoms with van der Waals surface area (Å²) in [5.41, 5.74) is 12.9. The van der Waals surface area contributed by atoms with Crippen molar-refractivity contribution in [3.05, 3.63) is 58.9 Å². The van der Waals surface area contributed by atoms with Crippen LogP contribution in [0, 0.1) is 5.41 Å². The molecule has 9 heteroatoms. The lowest BCUT2D eigenvalue weighted by atomic mass is 9.84. The predicted molar refractivity (Wildman–Crippen MR) is 167 cm³/mol. The topological polar surface area (TPSA) is 101 Å². The molecule has 3 N–H and O–H groups in total. The number of nitrogens with one attached hydrogen (secondary N) is 2. The minimum Gasteiger partial charge on any atom is -0.396 e. The van der Waals surface area contributed by atoms with Gasteiger partial charge in [0.05, 0.1) is 23.7 Å². The van der Waals surface area contributed by atoms with Crippen molar-refractivity contribution in [2.24, 2.45) is 5.41 Å². The third kappa shape index (κ3) is 7.60. The van der Waals surface area contributed by atoms with Gasteiger partial charge in [-0.05, 0) is 73.9 Å². The van der Waals surface area contributed by atoms with Crippen molar-refractivity contribution in [1.82, 2.24) is 25.4 Å². The van der Waals surface area contributed by atoms with Crippen molar-refractivity contribution in [3.8, 4) is 21.8 Å². The number of carbonyl (C=O) groups is 1. The molecule has 4 rings (SSSR count). The molecule has 4 aromatic rings. The Bertz CT molecular complexity index is 1430. The summed E-state index contributed by atoms with van der Waals surface area (Å²) in [4.78, 5) is 19.9. The number of benzene rings is 1. The van der Waals surface area contributed by atoms with Crippen molar-refractivity contribution < 1.29 is 14.6 Å². The van der Waals surface area contributed by atoms with Gasteiger partial charge < -0.3 is 14.4 Å². The average Bonchev–Trinajstić information content (AvgIpc) is 3.57. The van der Waals surface area contributed by atoms with E-state index < -0.39 is 0 Å². The van der Waals surface area contributed by atoms with Gasteiger partial charge in [0.1, 0.15) is 5.01 Å². The van der Waals surface area contributed by atoms with Gasteiger partial charge in [0.25, 0.3) is 0 Å². The van der Waals surface area contributed by atoms with Crippen molar-refractivity contribution >= 4 is 28.6 Å². The molecule has 0 bridgehead atoms. The summed E-state index contributed by atoms with van der Waals surface area (Å²) in [5.74, 6) is 0. The lowest BCUT2D eigenvalue weighted by molar-refractivity contribution is -0.110. The molecule has 0 radical (unpaired) electrons. The lowest BCUT2D eigenvalue weighted by Crippen LogP contribution is -2.30. The molecule has 41 heavy (non-hydrogen) atoms. The first kappa shape index (κ1) is 30.8. The van der Waals surface area contributed by atoms with Gasteiger partial charge >= 0.3 is 0 Å². The van der Waals surface area contributed by atoms with Crippen LogP contribution in [0.15, 0.2) is 41.9 Å². The number of unbranched alkanes of at least 4 members (excludes halogenated alkanes) is 3. The Morgan fingerprint density at radius 3 is 2.76 bits per heavy atom. The number of hydrogen-bond acceptors (Lipinski definition) is 7. The first-order valence-corrected chi connectivity index (χ1v) is 15.4. The third-order valence-corrected chi connectivity index (χ3v) is 8.38. The number of aryl methyl sites for hydroxylation is 2. The van der Waals surface area contributed by atoms with Crippen LogP contribution in [-0.2, 0) is 35.5 Å². The van der Waals surface area contributed by atoms with E-state index in [4.69, 9.17) is 9.72 Å². The monoisotopic (exact) mass is 577 g/mol. The number of amides is 1. The molecule has 0 aliphatic heterocycles. The number of aliphatic hydroxyl groups is 1. The Labute approximate surface area is 247 Å². The van der Waals surface area contributed by atoms with E-state index in [2.05, 4.69) is 70.8 Å². The van der Waals surface area contributed by atoms with E-state index in [0.29, 0.717) is 13.0 Å². The Kier molecular flexibility index (Phi) is 11.0. The Balaban J connectivity index is 1.65. The Morgan fingerprint density at radius 2 is 2.00 bits per heavy atom. The van der Waals surface area contributed by atoms with E-state index in [9.17, 15) is 9.90 Å². The van der Waals surface area contributed by atoms with Crippen LogP contribution in [0.25, 0.3) is 32.7 Å². The highest BCUT2D eigenvalue weighted by Crippen LogP contribution is 2.40. The fourth-order valence-corrected chi connectivity index (χ4v) is 6.20. The highest BCUT2D eigenvalue weighted by molar-refractivity contribution is 7.13. The van der Waals surface area contributed by atoms with Crippen molar-refractivity contribution in [2.75, 3.05) is 20.3 Å². The molecule has 3 aromatic heterocycles. The number of ether oxygens (including phenoxy) is 1. The predicted octanol–water partition coefficient (Wildman–Crippen LogP) is 5.91. The summed E-state index contributed by atoms with van der Waals surface area (Å²) >= 11 is 1.70. The molecular weight excluding hydrogens is 534 g/mol. The molecule has 0 saturated heterocycles. The molecule has 1 amide bonds. The number of hydrazine groups is 1. The number of methoxy groups -OCH3 is 1. The number of aromatic nitrogens is 3. The maximum Gasteiger partial charge on any atom is 0.221 e. The molecule has 0 unspecified atom stereocenters. The summed E-state index contributed by atoms with van der Waals surface area (Å²) in [5, 5.41) is 14.6. The van der Waals surface area contributed by atoms with E-state index >= 15 is 0 Å². The number of thiazole rings is 1. The second-order valence-corrected chi connectivity index (χ2v) is 12.1. The fourth-order valence-electron chi connectivity index (χ4n) is 5.35. The smallest absolute Gasteiger partial charge is 0.221 e. The van der Waals surface area contributed by atoms with Gasteiger partial charge in [-0.3, -0.25) is 15.2 Å². The first-order valence-electron chi connectivity index (χ1n) is 14.5. The molecule has 0 spiro atoms. The van der Waals surface area contributed by atoms with E-state index in [0.717, 1.165) is 84.8 Å². The summed E-state index contributed by atoms with van der Waals surface area (Å²) in [6, 6.07) is 10.8. The summed E-state index contributed by atoms with van der Waals surface area (Å²) in [7, 11) is 1.70. The molecule has 0 fully saturated rings. The zero-order chi connectivity index (χ0) is 29.2. The zero-order valence-electron chi connectivity index (χ0n) is 24.7. The van der Waals surface area contributed by atoms with Crippen LogP contribution in [0.2, 0.25) is 0 Å². The fraction of sp³-hybridized carbons (Fsp3) is 0.469. The van der Waals surface area contributed by atoms with Crippen LogP contribution < -0.4 is 10.9 Å². The molecule has 8 nitrogen and oxygen atoms in total. The summed E-state index contributed by atoms with van der Waals surface area (Å²) in [6.45, 7) is 8.54. The lowest BCUT2D eigenvalue weighted by Gasteiger charge is -2.23. The maximum atomic E-state index is 10.3. The minimum absolute atomic E-state index is 0.102. The number of rotatable bonds is 17. The minimum atomic E-state index is -0.281. The Hall–Kier alpha value is -3.11. The largest absolute Gasteiger partial charge is 0.396 e. The molecule has 0 aliphatic carbocycles. The molecule has 0 atom stereocenters. The van der Waals surface area contributed by atoms with Crippen LogP contribution in [0.3, 0.4) is 0 Å². The van der Waals surface area contributed by atoms with Gasteiger partial charge in [0, 0.05) is 60.4 Å². The van der Waals surface area contributed by atoms with Crippen molar-refractivity contribution in [2.45, 2.75) is 72.4 Å². The summed E-state index contributed by atoms with van der Waals surface area (Å²) in [6.07, 6.45) is 8.56. The second kappa shape index (κ2) is 14.7. The zero-order valence-corrected chi connectivity index (χ0v) is 25.5. The van der Waals surface area contributed by atoms with Crippen LogP contribution in [0.4, 0.5) is 0 Å². The third-order valence-electron chi connectivity index (χ3n) is 7.44. The van der Waals surface area contributed by atoms with Crippen LogP contribution >= 0.6 is 11.3 Å². The van der Waals surface area contributed by atoms with Crippen molar-refractivity contribution in [1.29, 1.82) is 0 Å². The molecule has 0 saturated carbocycles. The highest BCUT2D eigenvalue weighted by Gasteiger charge is 2.26. The molecule has 3 heterocycles. The van der Waals surface area contributed by atoms with Gasteiger partial charge in [-0.1, -0.05) is 26.7 Å². The maximum absolute atomic E-state index is 10.3. The van der Waals surface area contributed by atoms with E-state index in [1.165, 1.54) is 16.5 Å². The SMILES string of the molecule is CCn1c(-c2cccnc2COC)c(CC(C)(C)CO)c2cc(-c3nc(CCCCCCNNC=O)cs3)ccc21. The standard InChI is InChI=1S/C32H43N5O3S/c1-5-37-29-14-13-23(31-36-24(20-41-31)11-8-6-7-9-16-34-35-22-39)17-26(29)27(18-32(2,3)21-38)30(37)25-12-10-15-33-28(25)19-40-4/h10,12-15,17,20,22,34,38H,5-9,11,16,18-19,21H2,1-4H3,(H,35,39). The van der Waals surface area contributed by atoms with E-state index in [1.807, 2.05) is 12.3 Å². The van der Waals surface area contributed by atoms with Crippen molar-refractivity contribution in [3.63, 3.8) is 0 Å². The van der Waals surface area contributed by atoms with Crippen LogP contribution in [-0.4, -0.2) is 46.3 Å². The number of pyridine rings is 1. The van der Waals surface area contributed by atoms with Gasteiger partial charge in [0.2, 0.25) is 6.41 Å². The Morgan fingerprint density at radius 1 is 1.17 bits per heavy atom. The van der Waals surface area contributed by atoms with Gasteiger partial charge in [-0.25, -0.2) is 10.4 Å². The molecular formula is C32H43N5O3S. The number of hydrogen-bond donors (Lipinski definition) is 3. The quantitative estimate of drug-likeness (QED) is 0.0820.